The molecule has 6 nitrogen and oxygen atoms in total. The van der Waals surface area contributed by atoms with Gasteiger partial charge in [0.25, 0.3) is 5.91 Å². The second kappa shape index (κ2) is 13.6. The lowest BCUT2D eigenvalue weighted by Crippen LogP contribution is -2.58. The minimum absolute atomic E-state index is 0.00940. The summed E-state index contributed by atoms with van der Waals surface area (Å²) in [5.41, 5.74) is 7.65. The number of piperidine rings is 1. The first-order chi connectivity index (χ1) is 17.2. The van der Waals surface area contributed by atoms with Crippen molar-refractivity contribution in [3.8, 4) is 0 Å². The molecular formula is C30H50N4O2. The number of rotatable bonds is 10. The molecule has 1 aromatic carbocycles. The second-order valence-corrected chi connectivity index (χ2v) is 12.2. The molecule has 1 aromatic rings. The lowest BCUT2D eigenvalue weighted by molar-refractivity contribution is -0.128. The monoisotopic (exact) mass is 498 g/mol. The highest BCUT2D eigenvalue weighted by molar-refractivity contribution is 5.97. The van der Waals surface area contributed by atoms with Gasteiger partial charge in [-0.2, -0.15) is 0 Å². The van der Waals surface area contributed by atoms with E-state index in [0.717, 1.165) is 57.3 Å². The number of amides is 2. The van der Waals surface area contributed by atoms with E-state index < -0.39 is 6.04 Å². The van der Waals surface area contributed by atoms with Crippen LogP contribution in [-0.2, 0) is 4.79 Å². The van der Waals surface area contributed by atoms with Crippen molar-refractivity contribution in [2.75, 3.05) is 32.7 Å². The Morgan fingerprint density at radius 1 is 0.972 bits per heavy atom. The smallest absolute Gasteiger partial charge is 0.254 e. The quantitative estimate of drug-likeness (QED) is 0.499. The van der Waals surface area contributed by atoms with E-state index >= 15 is 0 Å². The van der Waals surface area contributed by atoms with Crippen molar-refractivity contribution in [3.05, 3.63) is 35.4 Å². The molecule has 202 valence electrons. The summed E-state index contributed by atoms with van der Waals surface area (Å²) < 4.78 is 0. The summed E-state index contributed by atoms with van der Waals surface area (Å²) in [4.78, 5) is 31.6. The van der Waals surface area contributed by atoms with E-state index in [1.54, 1.807) is 0 Å². The van der Waals surface area contributed by atoms with E-state index in [9.17, 15) is 9.59 Å². The molecule has 1 heterocycles. The van der Waals surface area contributed by atoms with Crippen LogP contribution in [0.3, 0.4) is 0 Å². The zero-order valence-corrected chi connectivity index (χ0v) is 23.3. The van der Waals surface area contributed by atoms with Gasteiger partial charge in [0, 0.05) is 37.8 Å². The Balaban J connectivity index is 1.74. The van der Waals surface area contributed by atoms with E-state index in [-0.39, 0.29) is 11.8 Å². The molecule has 1 saturated carbocycles. The van der Waals surface area contributed by atoms with E-state index in [4.69, 9.17) is 5.73 Å². The highest BCUT2D eigenvalue weighted by Crippen LogP contribution is 2.29. The molecule has 2 atom stereocenters. The predicted octanol–water partition coefficient (Wildman–Crippen LogP) is 4.46. The minimum Gasteiger partial charge on any atom is -0.354 e. The summed E-state index contributed by atoms with van der Waals surface area (Å²) in [5, 5.41) is 3.26. The fraction of sp³-hybridized carbons (Fsp3) is 0.733. The Morgan fingerprint density at radius 2 is 1.56 bits per heavy atom. The Labute approximate surface area is 219 Å². The van der Waals surface area contributed by atoms with E-state index in [0.29, 0.717) is 54.8 Å². The molecule has 3 rings (SSSR count). The first kappa shape index (κ1) is 28.6. The van der Waals surface area contributed by atoms with Crippen molar-refractivity contribution >= 4 is 11.8 Å². The van der Waals surface area contributed by atoms with Crippen LogP contribution in [-0.4, -0.2) is 66.4 Å². The number of nitrogens with one attached hydrogen (secondary N) is 1. The number of benzene rings is 1. The van der Waals surface area contributed by atoms with Gasteiger partial charge >= 0.3 is 0 Å². The number of hydrogen-bond acceptors (Lipinski definition) is 4. The summed E-state index contributed by atoms with van der Waals surface area (Å²) in [6.07, 6.45) is 6.16. The number of carbonyl (C=O) groups is 2. The highest BCUT2D eigenvalue weighted by Gasteiger charge is 2.39. The second-order valence-electron chi connectivity index (χ2n) is 12.2. The lowest BCUT2D eigenvalue weighted by atomic mass is 9.82. The molecule has 2 aliphatic rings. The molecule has 1 unspecified atom stereocenters. The van der Waals surface area contributed by atoms with Gasteiger partial charge in [0.1, 0.15) is 6.04 Å². The van der Waals surface area contributed by atoms with Crippen molar-refractivity contribution < 1.29 is 9.59 Å². The topological polar surface area (TPSA) is 78.7 Å². The molecule has 0 bridgehead atoms. The fourth-order valence-corrected chi connectivity index (χ4v) is 5.98. The summed E-state index contributed by atoms with van der Waals surface area (Å²) >= 11 is 0. The van der Waals surface area contributed by atoms with Crippen LogP contribution in [0.1, 0.15) is 82.1 Å². The van der Waals surface area contributed by atoms with E-state index in [2.05, 4.69) is 37.9 Å². The van der Waals surface area contributed by atoms with Gasteiger partial charge in [-0.25, -0.2) is 0 Å². The average Bonchev–Trinajstić information content (AvgIpc) is 2.86. The SMILES string of the molecule is Cc1ccc(C(=O)N2CCC(N(CC(C)C)CC(C)C)C[C@@H]2C(=O)NCC2CCC(CN)CC2)cc1. The van der Waals surface area contributed by atoms with Crippen LogP contribution < -0.4 is 11.1 Å². The number of likely N-dealkylation sites (tertiary alicyclic amines) is 1. The molecule has 0 spiro atoms. The molecule has 0 radical (unpaired) electrons. The molecule has 3 N–H and O–H groups in total. The number of nitrogens with zero attached hydrogens (tertiary/aromatic N) is 2. The maximum Gasteiger partial charge on any atom is 0.254 e. The molecule has 1 aliphatic heterocycles. The molecule has 2 fully saturated rings. The van der Waals surface area contributed by atoms with Gasteiger partial charge in [-0.3, -0.25) is 14.5 Å². The van der Waals surface area contributed by atoms with Gasteiger partial charge in [-0.1, -0.05) is 45.4 Å². The maximum absolute atomic E-state index is 13.6. The number of hydrogen-bond donors (Lipinski definition) is 2. The van der Waals surface area contributed by atoms with E-state index in [1.807, 2.05) is 36.1 Å². The first-order valence-corrected chi connectivity index (χ1v) is 14.3. The average molecular weight is 499 g/mol. The highest BCUT2D eigenvalue weighted by atomic mass is 16.2. The summed E-state index contributed by atoms with van der Waals surface area (Å²) in [6.45, 7) is 15.2. The van der Waals surface area contributed by atoms with Crippen LogP contribution in [0, 0.1) is 30.6 Å². The zero-order valence-electron chi connectivity index (χ0n) is 23.3. The molecule has 1 aliphatic carbocycles. The predicted molar refractivity (Wildman–Crippen MR) is 148 cm³/mol. The largest absolute Gasteiger partial charge is 0.354 e. The zero-order chi connectivity index (χ0) is 26.2. The van der Waals surface area contributed by atoms with Crippen molar-refractivity contribution in [2.45, 2.75) is 85.2 Å². The van der Waals surface area contributed by atoms with Gasteiger partial charge < -0.3 is 16.0 Å². The van der Waals surface area contributed by atoms with Crippen LogP contribution in [0.15, 0.2) is 24.3 Å². The number of aryl methyl sites for hydroxylation is 1. The van der Waals surface area contributed by atoms with Crippen LogP contribution in [0.4, 0.5) is 0 Å². The molecule has 1 saturated heterocycles. The molecule has 2 amide bonds. The summed E-state index contributed by atoms with van der Waals surface area (Å²) in [7, 11) is 0. The van der Waals surface area contributed by atoms with Gasteiger partial charge in [0.15, 0.2) is 0 Å². The van der Waals surface area contributed by atoms with Gasteiger partial charge in [-0.05, 0) is 87.8 Å². The van der Waals surface area contributed by atoms with Crippen molar-refractivity contribution in [1.82, 2.24) is 15.1 Å². The summed E-state index contributed by atoms with van der Waals surface area (Å²) in [5.74, 6) is 2.24. The van der Waals surface area contributed by atoms with Crippen LogP contribution in [0.5, 0.6) is 0 Å². The van der Waals surface area contributed by atoms with Gasteiger partial charge in [0.2, 0.25) is 5.91 Å². The van der Waals surface area contributed by atoms with Crippen molar-refractivity contribution in [2.24, 2.45) is 29.4 Å². The molecule has 0 aromatic heterocycles. The third kappa shape index (κ3) is 8.04. The van der Waals surface area contributed by atoms with Crippen LogP contribution >= 0.6 is 0 Å². The molecule has 36 heavy (non-hydrogen) atoms. The molecular weight excluding hydrogens is 448 g/mol. The maximum atomic E-state index is 13.6. The Hall–Kier alpha value is -1.92. The number of nitrogens with two attached hydrogens (primary N) is 1. The van der Waals surface area contributed by atoms with Crippen molar-refractivity contribution in [3.63, 3.8) is 0 Å². The number of carbonyl (C=O) groups excluding carboxylic acids is 2. The Kier molecular flexibility index (Phi) is 10.8. The van der Waals surface area contributed by atoms with E-state index in [1.165, 1.54) is 0 Å². The van der Waals surface area contributed by atoms with Crippen molar-refractivity contribution in [1.29, 1.82) is 0 Å². The normalized spacial score (nSPS) is 25.0. The Bertz CT molecular complexity index is 820. The minimum atomic E-state index is -0.431. The lowest BCUT2D eigenvalue weighted by Gasteiger charge is -2.44. The Morgan fingerprint density at radius 3 is 2.11 bits per heavy atom. The van der Waals surface area contributed by atoms with Crippen LogP contribution in [0.2, 0.25) is 0 Å². The third-order valence-corrected chi connectivity index (χ3v) is 8.02. The first-order valence-electron chi connectivity index (χ1n) is 14.3. The van der Waals surface area contributed by atoms with Gasteiger partial charge in [-0.15, -0.1) is 0 Å². The fourth-order valence-electron chi connectivity index (χ4n) is 5.98. The molecule has 6 heteroatoms. The van der Waals surface area contributed by atoms with Crippen LogP contribution in [0.25, 0.3) is 0 Å². The third-order valence-electron chi connectivity index (χ3n) is 8.02. The standard InChI is InChI=1S/C30H50N4O2/c1-21(2)19-33(20-22(3)4)27-14-15-34(30(36)26-12-6-23(5)7-13-26)28(16-27)29(35)32-18-25-10-8-24(17-31)9-11-25/h6-7,12-13,21-22,24-25,27-28H,8-11,14-20,31H2,1-5H3,(H,32,35)/t24?,25?,27?,28-/m1/s1. The van der Waals surface area contributed by atoms with Gasteiger partial charge in [0.05, 0.1) is 0 Å². The summed E-state index contributed by atoms with van der Waals surface area (Å²) in [6, 6.07) is 7.60.